The highest BCUT2D eigenvalue weighted by atomic mass is 16.3. The molecule has 2 aliphatic carbocycles. The minimum Gasteiger partial charge on any atom is -0.393 e. The molecule has 0 aromatic rings. The van der Waals surface area contributed by atoms with E-state index in [9.17, 15) is 5.11 Å². The molecular formula is C16H31NO. The monoisotopic (exact) mass is 253 g/mol. The van der Waals surface area contributed by atoms with Crippen molar-refractivity contribution < 1.29 is 5.11 Å². The van der Waals surface area contributed by atoms with Crippen LogP contribution < -0.4 is 5.32 Å². The molecule has 18 heavy (non-hydrogen) atoms. The first kappa shape index (κ1) is 14.3. The fourth-order valence-corrected chi connectivity index (χ4v) is 3.76. The summed E-state index contributed by atoms with van der Waals surface area (Å²) in [6.07, 6.45) is 10.2. The lowest BCUT2D eigenvalue weighted by molar-refractivity contribution is 0.0661. The molecule has 0 heterocycles. The van der Waals surface area contributed by atoms with Crippen LogP contribution in [0.5, 0.6) is 0 Å². The molecule has 0 bridgehead atoms. The van der Waals surface area contributed by atoms with Crippen LogP contribution in [-0.4, -0.2) is 23.8 Å². The Morgan fingerprint density at radius 2 is 1.83 bits per heavy atom. The maximum absolute atomic E-state index is 10.00. The van der Waals surface area contributed by atoms with E-state index in [0.29, 0.717) is 12.0 Å². The van der Waals surface area contributed by atoms with Gasteiger partial charge in [0.1, 0.15) is 0 Å². The summed E-state index contributed by atoms with van der Waals surface area (Å²) in [5, 5.41) is 13.7. The smallest absolute Gasteiger partial charge is 0.0580 e. The Labute approximate surface area is 113 Å². The molecular weight excluding hydrogens is 222 g/mol. The molecule has 2 saturated carbocycles. The lowest BCUT2D eigenvalue weighted by atomic mass is 9.79. The highest BCUT2D eigenvalue weighted by Crippen LogP contribution is 2.30. The fourth-order valence-electron chi connectivity index (χ4n) is 3.76. The average molecular weight is 253 g/mol. The molecule has 4 atom stereocenters. The Kier molecular flexibility index (Phi) is 5.50. The number of hydrogen-bond donors (Lipinski definition) is 2. The van der Waals surface area contributed by atoms with Crippen molar-refractivity contribution in [2.24, 2.45) is 17.8 Å². The second-order valence-corrected chi connectivity index (χ2v) is 6.89. The van der Waals surface area contributed by atoms with Crippen molar-refractivity contribution in [2.45, 2.75) is 77.4 Å². The molecule has 2 N–H and O–H groups in total. The molecule has 2 heteroatoms. The van der Waals surface area contributed by atoms with E-state index in [1.54, 1.807) is 0 Å². The van der Waals surface area contributed by atoms with Gasteiger partial charge in [0.2, 0.25) is 0 Å². The Morgan fingerprint density at radius 3 is 2.56 bits per heavy atom. The van der Waals surface area contributed by atoms with Gasteiger partial charge < -0.3 is 10.4 Å². The SMILES string of the molecule is CC(C)C1CCCC(NCC2CCCCC2O)C1. The maximum Gasteiger partial charge on any atom is 0.0580 e. The van der Waals surface area contributed by atoms with Crippen molar-refractivity contribution >= 4 is 0 Å². The average Bonchev–Trinajstić information content (AvgIpc) is 2.38. The zero-order valence-corrected chi connectivity index (χ0v) is 12.2. The number of aliphatic hydroxyl groups excluding tert-OH is 1. The molecule has 106 valence electrons. The number of nitrogens with one attached hydrogen (secondary N) is 1. The Morgan fingerprint density at radius 1 is 1.06 bits per heavy atom. The van der Waals surface area contributed by atoms with Crippen LogP contribution in [0.3, 0.4) is 0 Å². The molecule has 0 radical (unpaired) electrons. The van der Waals surface area contributed by atoms with E-state index in [4.69, 9.17) is 0 Å². The van der Waals surface area contributed by atoms with Crippen LogP contribution in [0, 0.1) is 17.8 Å². The van der Waals surface area contributed by atoms with E-state index in [1.807, 2.05) is 0 Å². The van der Waals surface area contributed by atoms with Gasteiger partial charge in [-0.2, -0.15) is 0 Å². The van der Waals surface area contributed by atoms with Crippen LogP contribution in [0.2, 0.25) is 0 Å². The predicted molar refractivity (Wildman–Crippen MR) is 76.6 cm³/mol. The molecule has 2 aliphatic rings. The van der Waals surface area contributed by atoms with E-state index < -0.39 is 0 Å². The van der Waals surface area contributed by atoms with Crippen LogP contribution in [0.4, 0.5) is 0 Å². The van der Waals surface area contributed by atoms with E-state index in [1.165, 1.54) is 44.9 Å². The molecule has 0 spiro atoms. The fraction of sp³-hybridized carbons (Fsp3) is 1.00. The van der Waals surface area contributed by atoms with Gasteiger partial charge in [0.05, 0.1) is 6.10 Å². The van der Waals surface area contributed by atoms with Gasteiger partial charge in [-0.15, -0.1) is 0 Å². The summed E-state index contributed by atoms with van der Waals surface area (Å²) in [6, 6.07) is 0.709. The molecule has 2 fully saturated rings. The van der Waals surface area contributed by atoms with Gasteiger partial charge in [0.15, 0.2) is 0 Å². The molecule has 2 rings (SSSR count). The highest BCUT2D eigenvalue weighted by Gasteiger charge is 2.27. The molecule has 0 aromatic heterocycles. The number of rotatable bonds is 4. The summed E-state index contributed by atoms with van der Waals surface area (Å²) in [5.41, 5.74) is 0. The van der Waals surface area contributed by atoms with Crippen LogP contribution in [-0.2, 0) is 0 Å². The first-order valence-electron chi connectivity index (χ1n) is 8.08. The lowest BCUT2D eigenvalue weighted by Crippen LogP contribution is -2.41. The van der Waals surface area contributed by atoms with Gasteiger partial charge in [-0.05, 0) is 43.4 Å². The van der Waals surface area contributed by atoms with Crippen molar-refractivity contribution in [3.63, 3.8) is 0 Å². The number of aliphatic hydroxyl groups is 1. The van der Waals surface area contributed by atoms with E-state index >= 15 is 0 Å². The van der Waals surface area contributed by atoms with E-state index in [-0.39, 0.29) is 6.10 Å². The summed E-state index contributed by atoms with van der Waals surface area (Å²) in [4.78, 5) is 0. The van der Waals surface area contributed by atoms with Crippen molar-refractivity contribution in [3.05, 3.63) is 0 Å². The van der Waals surface area contributed by atoms with Gasteiger partial charge in [0.25, 0.3) is 0 Å². The van der Waals surface area contributed by atoms with E-state index in [0.717, 1.165) is 24.8 Å². The largest absolute Gasteiger partial charge is 0.393 e. The van der Waals surface area contributed by atoms with Crippen molar-refractivity contribution in [3.8, 4) is 0 Å². The molecule has 0 aliphatic heterocycles. The molecule has 4 unspecified atom stereocenters. The van der Waals surface area contributed by atoms with Crippen LogP contribution in [0.1, 0.15) is 65.2 Å². The van der Waals surface area contributed by atoms with Gasteiger partial charge in [-0.3, -0.25) is 0 Å². The van der Waals surface area contributed by atoms with Crippen molar-refractivity contribution in [1.29, 1.82) is 0 Å². The minimum absolute atomic E-state index is 0.0456. The predicted octanol–water partition coefficient (Wildman–Crippen LogP) is 3.34. The van der Waals surface area contributed by atoms with Crippen LogP contribution >= 0.6 is 0 Å². The third-order valence-corrected chi connectivity index (χ3v) is 5.20. The zero-order valence-electron chi connectivity index (χ0n) is 12.2. The Hall–Kier alpha value is -0.0800. The van der Waals surface area contributed by atoms with Gasteiger partial charge >= 0.3 is 0 Å². The highest BCUT2D eigenvalue weighted by molar-refractivity contribution is 4.82. The standard InChI is InChI=1S/C16H31NO/c1-12(2)13-7-5-8-15(10-13)17-11-14-6-3-4-9-16(14)18/h12-18H,3-11H2,1-2H3. The zero-order chi connectivity index (χ0) is 13.0. The third-order valence-electron chi connectivity index (χ3n) is 5.20. The van der Waals surface area contributed by atoms with Crippen molar-refractivity contribution in [2.75, 3.05) is 6.54 Å². The first-order chi connectivity index (χ1) is 8.66. The van der Waals surface area contributed by atoms with E-state index in [2.05, 4.69) is 19.2 Å². The van der Waals surface area contributed by atoms with Gasteiger partial charge in [-0.1, -0.05) is 39.5 Å². The summed E-state index contributed by atoms with van der Waals surface area (Å²) >= 11 is 0. The van der Waals surface area contributed by atoms with Gasteiger partial charge in [-0.25, -0.2) is 0 Å². The van der Waals surface area contributed by atoms with Gasteiger partial charge in [0, 0.05) is 12.6 Å². The summed E-state index contributed by atoms with van der Waals surface area (Å²) in [6.45, 7) is 5.76. The minimum atomic E-state index is -0.0456. The summed E-state index contributed by atoms with van der Waals surface area (Å²) in [7, 11) is 0. The topological polar surface area (TPSA) is 32.3 Å². The summed E-state index contributed by atoms with van der Waals surface area (Å²) < 4.78 is 0. The second kappa shape index (κ2) is 6.91. The second-order valence-electron chi connectivity index (χ2n) is 6.89. The third kappa shape index (κ3) is 3.96. The summed E-state index contributed by atoms with van der Waals surface area (Å²) in [5.74, 6) is 2.25. The van der Waals surface area contributed by atoms with Crippen LogP contribution in [0.25, 0.3) is 0 Å². The Bertz CT molecular complexity index is 241. The lowest BCUT2D eigenvalue weighted by Gasteiger charge is -2.34. The molecule has 2 nitrogen and oxygen atoms in total. The Balaban J connectivity index is 1.72. The first-order valence-corrected chi connectivity index (χ1v) is 8.08. The normalized spacial score (nSPS) is 38.0. The maximum atomic E-state index is 10.00. The molecule has 0 saturated heterocycles. The quantitative estimate of drug-likeness (QED) is 0.805. The van der Waals surface area contributed by atoms with Crippen LogP contribution in [0.15, 0.2) is 0 Å². The number of hydrogen-bond acceptors (Lipinski definition) is 2. The van der Waals surface area contributed by atoms with Crippen molar-refractivity contribution in [1.82, 2.24) is 5.32 Å². The molecule has 0 amide bonds. The molecule has 0 aromatic carbocycles.